The van der Waals surface area contributed by atoms with Crippen LogP contribution in [0.4, 0.5) is 0 Å². The van der Waals surface area contributed by atoms with E-state index in [1.54, 1.807) is 0 Å². The Hall–Kier alpha value is -2.72. The molecule has 0 spiro atoms. The number of aryl methyl sites for hydroxylation is 1. The molecule has 0 fully saturated rings. The Bertz CT molecular complexity index is 1100. The van der Waals surface area contributed by atoms with Crippen LogP contribution >= 0.6 is 11.7 Å². The van der Waals surface area contributed by atoms with Crippen LogP contribution in [0.5, 0.6) is 5.75 Å². The van der Waals surface area contributed by atoms with Crippen LogP contribution in [0.2, 0.25) is 0 Å². The van der Waals surface area contributed by atoms with Crippen molar-refractivity contribution in [3.05, 3.63) is 66.2 Å². The minimum atomic E-state index is 0.789. The van der Waals surface area contributed by atoms with E-state index in [1.807, 2.05) is 0 Å². The monoisotopic (exact) mass is 430 g/mol. The maximum Gasteiger partial charge on any atom is 0.119 e. The summed E-state index contributed by atoms with van der Waals surface area (Å²) in [6.45, 7) is 5.14. The fraction of sp³-hybridized carbons (Fsp3) is 0.333. The van der Waals surface area contributed by atoms with E-state index in [0.29, 0.717) is 0 Å². The molecule has 0 aliphatic heterocycles. The van der Waals surface area contributed by atoms with E-state index >= 15 is 0 Å². The number of ether oxygens (including phenoxy) is 1. The Kier molecular flexibility index (Phi) is 7.31. The minimum Gasteiger partial charge on any atom is -0.494 e. The van der Waals surface area contributed by atoms with Gasteiger partial charge < -0.3 is 4.74 Å². The Morgan fingerprint density at radius 2 is 1.23 bits per heavy atom. The minimum absolute atomic E-state index is 0.789. The summed E-state index contributed by atoms with van der Waals surface area (Å²) in [5.74, 6) is 0.932. The summed E-state index contributed by atoms with van der Waals surface area (Å²) in [6, 6.07) is 21.3. The van der Waals surface area contributed by atoms with Gasteiger partial charge in [0, 0.05) is 11.1 Å². The molecular weight excluding hydrogens is 400 g/mol. The quantitative estimate of drug-likeness (QED) is 0.239. The van der Waals surface area contributed by atoms with Gasteiger partial charge in [-0.25, -0.2) is 0 Å². The van der Waals surface area contributed by atoms with Crippen molar-refractivity contribution in [3.8, 4) is 28.0 Å². The van der Waals surface area contributed by atoms with E-state index in [2.05, 4.69) is 83.3 Å². The van der Waals surface area contributed by atoms with Crippen LogP contribution in [0, 0.1) is 6.92 Å². The summed E-state index contributed by atoms with van der Waals surface area (Å²) in [4.78, 5) is 0. The first-order valence-electron chi connectivity index (χ1n) is 11.3. The molecule has 1 aromatic heterocycles. The van der Waals surface area contributed by atoms with E-state index in [9.17, 15) is 0 Å². The second-order valence-electron chi connectivity index (χ2n) is 8.13. The Labute approximate surface area is 189 Å². The normalized spacial score (nSPS) is 11.2. The lowest BCUT2D eigenvalue weighted by molar-refractivity contribution is 0.304. The van der Waals surface area contributed by atoms with Crippen LogP contribution < -0.4 is 4.74 Å². The summed E-state index contributed by atoms with van der Waals surface area (Å²) in [6.07, 6.45) is 7.66. The average Bonchev–Trinajstić information content (AvgIpc) is 3.29. The SMILES string of the molecule is CCCCCCCCOc1ccc(-c2ccc(-c3ccc(C)cc3)c3nsnc23)cc1. The highest BCUT2D eigenvalue weighted by atomic mass is 32.1. The molecule has 0 radical (unpaired) electrons. The molecule has 4 rings (SSSR count). The average molecular weight is 431 g/mol. The molecule has 0 saturated heterocycles. The van der Waals surface area contributed by atoms with E-state index < -0.39 is 0 Å². The van der Waals surface area contributed by atoms with Crippen LogP contribution in [0.1, 0.15) is 51.0 Å². The Balaban J connectivity index is 1.45. The van der Waals surface area contributed by atoms with E-state index in [1.165, 1.54) is 55.0 Å². The molecule has 0 aliphatic rings. The van der Waals surface area contributed by atoms with Crippen LogP contribution in [0.25, 0.3) is 33.3 Å². The molecule has 0 saturated carbocycles. The van der Waals surface area contributed by atoms with Gasteiger partial charge in [0.15, 0.2) is 0 Å². The largest absolute Gasteiger partial charge is 0.494 e. The number of hydrogen-bond donors (Lipinski definition) is 0. The number of fused-ring (bicyclic) bond motifs is 1. The number of rotatable bonds is 10. The maximum absolute atomic E-state index is 5.94. The molecule has 3 nitrogen and oxygen atoms in total. The first-order valence-corrected chi connectivity index (χ1v) is 12.0. The number of hydrogen-bond acceptors (Lipinski definition) is 4. The molecule has 0 aliphatic carbocycles. The number of unbranched alkanes of at least 4 members (excludes halogenated alkanes) is 5. The van der Waals surface area contributed by atoms with Crippen molar-refractivity contribution in [3.63, 3.8) is 0 Å². The highest BCUT2D eigenvalue weighted by Gasteiger charge is 2.13. The van der Waals surface area contributed by atoms with Gasteiger partial charge in [-0.15, -0.1) is 0 Å². The van der Waals surface area contributed by atoms with E-state index in [-0.39, 0.29) is 0 Å². The summed E-state index contributed by atoms with van der Waals surface area (Å²) in [5, 5.41) is 0. The third-order valence-corrected chi connectivity index (χ3v) is 6.24. The second-order valence-corrected chi connectivity index (χ2v) is 8.66. The fourth-order valence-electron chi connectivity index (χ4n) is 3.87. The zero-order valence-corrected chi connectivity index (χ0v) is 19.3. The molecule has 0 N–H and O–H groups in total. The molecule has 0 unspecified atom stereocenters. The van der Waals surface area contributed by atoms with Gasteiger partial charge in [-0.1, -0.05) is 93.1 Å². The molecule has 160 valence electrons. The number of benzene rings is 3. The maximum atomic E-state index is 5.94. The Morgan fingerprint density at radius 3 is 1.84 bits per heavy atom. The van der Waals surface area contributed by atoms with Crippen molar-refractivity contribution >= 4 is 22.8 Å². The highest BCUT2D eigenvalue weighted by Crippen LogP contribution is 2.35. The van der Waals surface area contributed by atoms with Crippen molar-refractivity contribution in [2.24, 2.45) is 0 Å². The van der Waals surface area contributed by atoms with Crippen molar-refractivity contribution < 1.29 is 4.74 Å². The number of nitrogens with zero attached hydrogens (tertiary/aromatic N) is 2. The van der Waals surface area contributed by atoms with Crippen LogP contribution in [0.3, 0.4) is 0 Å². The molecule has 0 atom stereocenters. The van der Waals surface area contributed by atoms with Crippen molar-refractivity contribution in [2.45, 2.75) is 52.4 Å². The van der Waals surface area contributed by atoms with Gasteiger partial charge in [0.1, 0.15) is 16.8 Å². The lowest BCUT2D eigenvalue weighted by Crippen LogP contribution is -1.97. The lowest BCUT2D eigenvalue weighted by atomic mass is 9.97. The molecule has 1 heterocycles. The fourth-order valence-corrected chi connectivity index (χ4v) is 4.44. The van der Waals surface area contributed by atoms with Crippen molar-refractivity contribution in [1.29, 1.82) is 0 Å². The molecule has 0 bridgehead atoms. The third-order valence-electron chi connectivity index (χ3n) is 5.71. The smallest absolute Gasteiger partial charge is 0.119 e. The zero-order valence-electron chi connectivity index (χ0n) is 18.4. The highest BCUT2D eigenvalue weighted by molar-refractivity contribution is 7.00. The predicted octanol–water partition coefficient (Wildman–Crippen LogP) is 8.07. The third kappa shape index (κ3) is 5.31. The molecule has 3 aromatic carbocycles. The van der Waals surface area contributed by atoms with Crippen LogP contribution in [0.15, 0.2) is 60.7 Å². The molecule has 4 heteroatoms. The summed E-state index contributed by atoms with van der Waals surface area (Å²) in [7, 11) is 0. The van der Waals surface area contributed by atoms with Gasteiger partial charge in [-0.3, -0.25) is 0 Å². The summed E-state index contributed by atoms with van der Waals surface area (Å²) < 4.78 is 15.2. The first kappa shape index (κ1) is 21.5. The summed E-state index contributed by atoms with van der Waals surface area (Å²) >= 11 is 1.27. The summed E-state index contributed by atoms with van der Waals surface area (Å²) in [5.41, 5.74) is 7.74. The van der Waals surface area contributed by atoms with Crippen molar-refractivity contribution in [2.75, 3.05) is 6.61 Å². The van der Waals surface area contributed by atoms with Gasteiger partial charge in [-0.05, 0) is 36.6 Å². The van der Waals surface area contributed by atoms with Crippen LogP contribution in [-0.4, -0.2) is 15.4 Å². The molecule has 0 amide bonds. The predicted molar refractivity (Wildman–Crippen MR) is 132 cm³/mol. The molecule has 31 heavy (non-hydrogen) atoms. The number of aromatic nitrogens is 2. The Morgan fingerprint density at radius 1 is 0.677 bits per heavy atom. The van der Waals surface area contributed by atoms with E-state index in [4.69, 9.17) is 4.74 Å². The molecule has 4 aromatic rings. The standard InChI is InChI=1S/C27H30N2OS/c1-3-4-5-6-7-8-19-30-23-15-13-22(14-16-23)25-18-17-24(26-27(25)29-31-28-26)21-11-9-20(2)10-12-21/h9-18H,3-8,19H2,1-2H3. The van der Waals surface area contributed by atoms with E-state index in [0.717, 1.165) is 46.5 Å². The molecular formula is C27H30N2OS. The van der Waals surface area contributed by atoms with Gasteiger partial charge in [-0.2, -0.15) is 8.75 Å². The van der Waals surface area contributed by atoms with Crippen LogP contribution in [-0.2, 0) is 0 Å². The van der Waals surface area contributed by atoms with Gasteiger partial charge >= 0.3 is 0 Å². The second kappa shape index (κ2) is 10.5. The lowest BCUT2D eigenvalue weighted by Gasteiger charge is -2.09. The van der Waals surface area contributed by atoms with Gasteiger partial charge in [0.25, 0.3) is 0 Å². The first-order chi connectivity index (χ1) is 15.3. The van der Waals surface area contributed by atoms with Gasteiger partial charge in [0.05, 0.1) is 18.3 Å². The van der Waals surface area contributed by atoms with Crippen molar-refractivity contribution in [1.82, 2.24) is 8.75 Å². The zero-order chi connectivity index (χ0) is 21.5. The van der Waals surface area contributed by atoms with Gasteiger partial charge in [0.2, 0.25) is 0 Å². The topological polar surface area (TPSA) is 35.0 Å².